The maximum Gasteiger partial charge on any atom is 0.193 e. The van der Waals surface area contributed by atoms with Gasteiger partial charge in [-0.05, 0) is 32.2 Å². The number of ether oxygens (including phenoxy) is 1. The number of likely N-dealkylation sites (N-methyl/N-ethyl adjacent to an activating group) is 1. The van der Waals surface area contributed by atoms with E-state index < -0.39 is 0 Å². The van der Waals surface area contributed by atoms with Gasteiger partial charge in [-0.1, -0.05) is 13.8 Å². The number of rotatable bonds is 7. The summed E-state index contributed by atoms with van der Waals surface area (Å²) in [6.07, 6.45) is 2.64. The summed E-state index contributed by atoms with van der Waals surface area (Å²) in [5.41, 5.74) is 0. The van der Waals surface area contributed by atoms with Crippen LogP contribution in [0.15, 0.2) is 4.99 Å². The molecule has 1 unspecified atom stereocenters. The third kappa shape index (κ3) is 7.86. The summed E-state index contributed by atoms with van der Waals surface area (Å²) in [7, 11) is 1.89. The first-order valence-electron chi connectivity index (χ1n) is 10.2. The average Bonchev–Trinajstić information content (AvgIpc) is 2.64. The Hall–Kier alpha value is -0.120. The van der Waals surface area contributed by atoms with Gasteiger partial charge in [0.25, 0.3) is 0 Å². The van der Waals surface area contributed by atoms with Crippen molar-refractivity contribution in [3.05, 3.63) is 0 Å². The molecule has 6 nitrogen and oxygen atoms in total. The highest BCUT2D eigenvalue weighted by Gasteiger charge is 2.22. The molecule has 2 heterocycles. The first-order valence-corrected chi connectivity index (χ1v) is 10.2. The molecule has 0 aromatic heterocycles. The zero-order valence-electron chi connectivity index (χ0n) is 17.2. The van der Waals surface area contributed by atoms with Crippen LogP contribution in [0.5, 0.6) is 0 Å². The van der Waals surface area contributed by atoms with Crippen LogP contribution in [0.2, 0.25) is 0 Å². The fourth-order valence-electron chi connectivity index (χ4n) is 3.86. The Kier molecular flexibility index (Phi) is 12.1. The van der Waals surface area contributed by atoms with Gasteiger partial charge in [0.15, 0.2) is 5.96 Å². The van der Waals surface area contributed by atoms with Crippen LogP contribution < -0.4 is 5.32 Å². The zero-order chi connectivity index (χ0) is 18.1. The number of hydrogen-bond acceptors (Lipinski definition) is 4. The van der Waals surface area contributed by atoms with Crippen molar-refractivity contribution < 1.29 is 4.74 Å². The van der Waals surface area contributed by atoms with Crippen LogP contribution in [0.25, 0.3) is 0 Å². The molecular formula is C19H40IN5O. The molecule has 1 atom stereocenters. The minimum atomic E-state index is 0. The molecule has 0 radical (unpaired) electrons. The van der Waals surface area contributed by atoms with Crippen molar-refractivity contribution in [1.82, 2.24) is 20.0 Å². The van der Waals surface area contributed by atoms with Crippen LogP contribution in [0.4, 0.5) is 0 Å². The summed E-state index contributed by atoms with van der Waals surface area (Å²) in [4.78, 5) is 12.0. The summed E-state index contributed by atoms with van der Waals surface area (Å²) >= 11 is 0. The number of nitrogens with zero attached hydrogens (tertiary/aromatic N) is 4. The lowest BCUT2D eigenvalue weighted by atomic mass is 10.1. The Balaban J connectivity index is 0.00000338. The first kappa shape index (κ1) is 23.9. The normalized spacial score (nSPS) is 22.2. The van der Waals surface area contributed by atoms with Gasteiger partial charge in [-0.25, -0.2) is 0 Å². The molecule has 2 fully saturated rings. The minimum Gasteiger partial charge on any atom is -0.378 e. The largest absolute Gasteiger partial charge is 0.378 e. The molecule has 0 bridgehead atoms. The smallest absolute Gasteiger partial charge is 0.193 e. The zero-order valence-corrected chi connectivity index (χ0v) is 19.6. The second-order valence-corrected chi connectivity index (χ2v) is 7.41. The van der Waals surface area contributed by atoms with E-state index in [1.54, 1.807) is 0 Å². The van der Waals surface area contributed by atoms with Gasteiger partial charge >= 0.3 is 0 Å². The van der Waals surface area contributed by atoms with Crippen molar-refractivity contribution in [1.29, 1.82) is 0 Å². The van der Waals surface area contributed by atoms with E-state index in [9.17, 15) is 0 Å². The van der Waals surface area contributed by atoms with Crippen molar-refractivity contribution in [2.24, 2.45) is 10.9 Å². The Morgan fingerprint density at radius 1 is 1.08 bits per heavy atom. The number of piperidine rings is 1. The number of likely N-dealkylation sites (tertiary alicyclic amines) is 1. The molecule has 154 valence electrons. The van der Waals surface area contributed by atoms with Gasteiger partial charge in [-0.2, -0.15) is 0 Å². The van der Waals surface area contributed by atoms with E-state index >= 15 is 0 Å². The third-order valence-electron chi connectivity index (χ3n) is 5.45. The van der Waals surface area contributed by atoms with Gasteiger partial charge in [0.05, 0.1) is 6.10 Å². The summed E-state index contributed by atoms with van der Waals surface area (Å²) in [5.74, 6) is 1.68. The average molecular weight is 481 g/mol. The second-order valence-electron chi connectivity index (χ2n) is 7.41. The minimum absolute atomic E-state index is 0. The van der Waals surface area contributed by atoms with E-state index in [1.807, 2.05) is 7.05 Å². The highest BCUT2D eigenvalue weighted by molar-refractivity contribution is 14.0. The van der Waals surface area contributed by atoms with Gasteiger partial charge in [-0.3, -0.25) is 4.99 Å². The van der Waals surface area contributed by atoms with Gasteiger partial charge < -0.3 is 24.8 Å². The van der Waals surface area contributed by atoms with Gasteiger partial charge in [0, 0.05) is 66.0 Å². The number of halogens is 1. The Morgan fingerprint density at radius 2 is 1.69 bits per heavy atom. The fourth-order valence-corrected chi connectivity index (χ4v) is 3.86. The first-order chi connectivity index (χ1) is 12.2. The highest BCUT2D eigenvalue weighted by atomic mass is 127. The predicted molar refractivity (Wildman–Crippen MR) is 121 cm³/mol. The molecule has 0 aromatic rings. The van der Waals surface area contributed by atoms with E-state index in [2.05, 4.69) is 45.8 Å². The standard InChI is InChI=1S/C19H39N5O.HI/c1-5-22-11-13-23(14-12-22)16-17(3)15-21-19(20-4)24-9-7-18(8-10-24)25-6-2;/h17-18H,5-16H2,1-4H3,(H,20,21);1H. The lowest BCUT2D eigenvalue weighted by molar-refractivity contribution is 0.0263. The molecule has 0 spiro atoms. The van der Waals surface area contributed by atoms with E-state index in [1.165, 1.54) is 39.3 Å². The number of piperazine rings is 1. The fraction of sp³-hybridized carbons (Fsp3) is 0.947. The quantitative estimate of drug-likeness (QED) is 0.342. The molecule has 0 aromatic carbocycles. The molecule has 26 heavy (non-hydrogen) atoms. The van der Waals surface area contributed by atoms with Gasteiger partial charge in [0.1, 0.15) is 0 Å². The van der Waals surface area contributed by atoms with Crippen LogP contribution in [-0.2, 0) is 4.74 Å². The molecule has 0 aliphatic carbocycles. The molecule has 2 rings (SSSR count). The Labute approximate surface area is 177 Å². The second kappa shape index (κ2) is 13.1. The number of nitrogens with one attached hydrogen (secondary N) is 1. The monoisotopic (exact) mass is 481 g/mol. The van der Waals surface area contributed by atoms with Gasteiger partial charge in [0.2, 0.25) is 0 Å². The molecule has 2 aliphatic rings. The predicted octanol–water partition coefficient (Wildman–Crippen LogP) is 1.95. The van der Waals surface area contributed by atoms with E-state index in [-0.39, 0.29) is 24.0 Å². The maximum atomic E-state index is 5.75. The molecule has 0 saturated carbocycles. The summed E-state index contributed by atoms with van der Waals surface area (Å²) in [6, 6.07) is 0. The van der Waals surface area contributed by atoms with Crippen LogP contribution in [0.3, 0.4) is 0 Å². The van der Waals surface area contributed by atoms with Crippen LogP contribution >= 0.6 is 24.0 Å². The molecule has 2 aliphatic heterocycles. The highest BCUT2D eigenvalue weighted by Crippen LogP contribution is 2.14. The molecule has 2 saturated heterocycles. The third-order valence-corrected chi connectivity index (χ3v) is 5.45. The Morgan fingerprint density at radius 3 is 2.23 bits per heavy atom. The van der Waals surface area contributed by atoms with Crippen molar-refractivity contribution in [3.8, 4) is 0 Å². The molecule has 7 heteroatoms. The number of hydrogen-bond donors (Lipinski definition) is 1. The topological polar surface area (TPSA) is 43.3 Å². The SMILES string of the molecule is CCOC1CCN(C(=NC)NCC(C)CN2CCN(CC)CC2)CC1.I. The molecular weight excluding hydrogens is 441 g/mol. The van der Waals surface area contributed by atoms with Crippen LogP contribution in [0.1, 0.15) is 33.6 Å². The Bertz CT molecular complexity index is 393. The van der Waals surface area contributed by atoms with Crippen molar-refractivity contribution in [2.75, 3.05) is 72.6 Å². The maximum absolute atomic E-state index is 5.75. The number of guanidine groups is 1. The van der Waals surface area contributed by atoms with Crippen molar-refractivity contribution in [3.63, 3.8) is 0 Å². The molecule has 0 amide bonds. The summed E-state index contributed by atoms with van der Waals surface area (Å²) in [6.45, 7) is 17.8. The van der Waals surface area contributed by atoms with Crippen LogP contribution in [0, 0.1) is 5.92 Å². The van der Waals surface area contributed by atoms with E-state index in [0.717, 1.165) is 45.0 Å². The van der Waals surface area contributed by atoms with Gasteiger partial charge in [-0.15, -0.1) is 24.0 Å². The number of aliphatic imine (C=N–C) groups is 1. The lowest BCUT2D eigenvalue weighted by Crippen LogP contribution is -2.50. The van der Waals surface area contributed by atoms with Crippen LogP contribution in [-0.4, -0.2) is 99.3 Å². The summed E-state index contributed by atoms with van der Waals surface area (Å²) in [5, 5.41) is 3.59. The molecule has 1 N–H and O–H groups in total. The lowest BCUT2D eigenvalue weighted by Gasteiger charge is -2.36. The van der Waals surface area contributed by atoms with E-state index in [4.69, 9.17) is 4.74 Å². The van der Waals surface area contributed by atoms with Crippen molar-refractivity contribution in [2.45, 2.75) is 39.7 Å². The summed E-state index contributed by atoms with van der Waals surface area (Å²) < 4.78 is 5.75. The van der Waals surface area contributed by atoms with Crippen molar-refractivity contribution >= 4 is 29.9 Å². The van der Waals surface area contributed by atoms with E-state index in [0.29, 0.717) is 12.0 Å².